The van der Waals surface area contributed by atoms with Crippen LogP contribution in [0.5, 0.6) is 0 Å². The van der Waals surface area contributed by atoms with Crippen LogP contribution >= 0.6 is 11.3 Å². The topological polar surface area (TPSA) is 92.7 Å². The number of carbonyl (C=O) groups excluding carboxylic acids is 1. The minimum absolute atomic E-state index is 0.184. The fraction of sp³-hybridized carbons (Fsp3) is 0.143. The highest BCUT2D eigenvalue weighted by Gasteiger charge is 2.21. The van der Waals surface area contributed by atoms with Gasteiger partial charge in [-0.05, 0) is 55.0 Å². The number of amides is 1. The van der Waals surface area contributed by atoms with E-state index < -0.39 is 11.7 Å². The zero-order valence-corrected chi connectivity index (χ0v) is 16.5. The Hall–Kier alpha value is -3.59. The second kappa shape index (κ2) is 7.34. The van der Waals surface area contributed by atoms with Gasteiger partial charge < -0.3 is 5.32 Å². The fourth-order valence-electron chi connectivity index (χ4n) is 3.49. The molecule has 0 fully saturated rings. The van der Waals surface area contributed by atoms with E-state index in [1.165, 1.54) is 40.3 Å². The van der Waals surface area contributed by atoms with Gasteiger partial charge in [0, 0.05) is 17.2 Å². The zero-order chi connectivity index (χ0) is 20.7. The van der Waals surface area contributed by atoms with Gasteiger partial charge in [-0.15, -0.1) is 11.3 Å². The Labute approximate surface area is 174 Å². The van der Waals surface area contributed by atoms with Crippen LogP contribution in [-0.4, -0.2) is 25.7 Å². The predicted octanol–water partition coefficient (Wildman–Crippen LogP) is 3.56. The first-order valence-corrected chi connectivity index (χ1v) is 10.3. The van der Waals surface area contributed by atoms with Crippen LogP contribution in [0.2, 0.25) is 0 Å². The van der Waals surface area contributed by atoms with Gasteiger partial charge in [-0.3, -0.25) is 14.6 Å². The number of aryl methyl sites for hydroxylation is 1. The summed E-state index contributed by atoms with van der Waals surface area (Å²) in [5, 5.41) is 9.30. The van der Waals surface area contributed by atoms with Crippen molar-refractivity contribution in [3.05, 3.63) is 80.8 Å². The number of anilines is 1. The molecular weight excluding hydrogens is 405 g/mol. The van der Waals surface area contributed by atoms with Crippen LogP contribution in [0, 0.1) is 5.82 Å². The van der Waals surface area contributed by atoms with Crippen molar-refractivity contribution < 1.29 is 9.18 Å². The molecule has 1 aliphatic rings. The fourth-order valence-corrected chi connectivity index (χ4v) is 4.18. The van der Waals surface area contributed by atoms with Gasteiger partial charge in [-0.2, -0.15) is 9.78 Å². The maximum atomic E-state index is 13.2. The SMILES string of the molecule is O=C(Nc1cc(-c2cccs2)nn1-c1nc2c(c(=O)[nH]1)CCC2)c1ccc(F)cc1. The number of rotatable bonds is 4. The molecule has 0 saturated heterocycles. The molecule has 7 nitrogen and oxygen atoms in total. The third-order valence-electron chi connectivity index (χ3n) is 4.96. The molecule has 0 bridgehead atoms. The summed E-state index contributed by atoms with van der Waals surface area (Å²) >= 11 is 1.51. The number of carbonyl (C=O) groups is 1. The molecular formula is C21H16FN5O2S. The summed E-state index contributed by atoms with van der Waals surface area (Å²) in [4.78, 5) is 33.4. The van der Waals surface area contributed by atoms with E-state index in [1.807, 2.05) is 17.5 Å². The molecule has 1 aromatic carbocycles. The lowest BCUT2D eigenvalue weighted by Crippen LogP contribution is -2.21. The molecule has 1 amide bonds. The number of H-pyrrole nitrogens is 1. The molecule has 0 radical (unpaired) electrons. The van der Waals surface area contributed by atoms with Crippen molar-refractivity contribution in [3.8, 4) is 16.5 Å². The monoisotopic (exact) mass is 421 g/mol. The van der Waals surface area contributed by atoms with Crippen molar-refractivity contribution in [2.45, 2.75) is 19.3 Å². The van der Waals surface area contributed by atoms with Gasteiger partial charge in [-0.1, -0.05) is 6.07 Å². The summed E-state index contributed by atoms with van der Waals surface area (Å²) < 4.78 is 14.6. The summed E-state index contributed by atoms with van der Waals surface area (Å²) in [6, 6.07) is 10.8. The Morgan fingerprint density at radius 1 is 1.20 bits per heavy atom. The number of benzene rings is 1. The third kappa shape index (κ3) is 3.33. The Kier molecular flexibility index (Phi) is 4.51. The number of fused-ring (bicyclic) bond motifs is 1. The van der Waals surface area contributed by atoms with Gasteiger partial charge in [0.25, 0.3) is 11.5 Å². The molecule has 4 aromatic rings. The van der Waals surface area contributed by atoms with Crippen LogP contribution in [0.25, 0.3) is 16.5 Å². The number of nitrogens with zero attached hydrogens (tertiary/aromatic N) is 3. The molecule has 3 aromatic heterocycles. The highest BCUT2D eigenvalue weighted by atomic mass is 32.1. The van der Waals surface area contributed by atoms with E-state index in [0.29, 0.717) is 29.1 Å². The van der Waals surface area contributed by atoms with E-state index in [9.17, 15) is 14.0 Å². The van der Waals surface area contributed by atoms with Gasteiger partial charge >= 0.3 is 0 Å². The van der Waals surface area contributed by atoms with Crippen molar-refractivity contribution >= 4 is 23.1 Å². The molecule has 0 saturated carbocycles. The summed E-state index contributed by atoms with van der Waals surface area (Å²) in [6.07, 6.45) is 2.34. The standard InChI is InChI=1S/C21H16FN5O2S/c22-13-8-6-12(7-9-13)19(28)24-18-11-16(17-5-2-10-30-17)26-27(18)21-23-15-4-1-3-14(15)20(29)25-21/h2,5-11H,1,3-4H2,(H,24,28)(H,23,25,29). The first-order chi connectivity index (χ1) is 14.6. The molecule has 0 atom stereocenters. The van der Waals surface area contributed by atoms with Gasteiger partial charge in [0.15, 0.2) is 0 Å². The van der Waals surface area contributed by atoms with Crippen molar-refractivity contribution in [3.63, 3.8) is 0 Å². The minimum atomic E-state index is -0.420. The second-order valence-corrected chi connectivity index (χ2v) is 7.88. The molecule has 0 spiro atoms. The van der Waals surface area contributed by atoms with Crippen LogP contribution < -0.4 is 10.9 Å². The number of thiophene rings is 1. The maximum absolute atomic E-state index is 13.2. The van der Waals surface area contributed by atoms with Crippen molar-refractivity contribution in [1.82, 2.24) is 19.7 Å². The van der Waals surface area contributed by atoms with Crippen molar-refractivity contribution in [2.75, 3.05) is 5.32 Å². The summed E-state index contributed by atoms with van der Waals surface area (Å²) in [6.45, 7) is 0. The predicted molar refractivity (Wildman–Crippen MR) is 112 cm³/mol. The van der Waals surface area contributed by atoms with Crippen LogP contribution in [0.15, 0.2) is 52.6 Å². The molecule has 30 heavy (non-hydrogen) atoms. The Morgan fingerprint density at radius 2 is 2.03 bits per heavy atom. The Balaban J connectivity index is 1.58. The maximum Gasteiger partial charge on any atom is 0.256 e. The molecule has 0 unspecified atom stereocenters. The minimum Gasteiger partial charge on any atom is -0.306 e. The van der Waals surface area contributed by atoms with E-state index in [4.69, 9.17) is 0 Å². The highest BCUT2D eigenvalue weighted by molar-refractivity contribution is 7.13. The van der Waals surface area contributed by atoms with Gasteiger partial charge in [0.2, 0.25) is 5.95 Å². The first-order valence-electron chi connectivity index (χ1n) is 9.42. The summed E-state index contributed by atoms with van der Waals surface area (Å²) in [5.41, 5.74) is 2.23. The number of hydrogen-bond donors (Lipinski definition) is 2. The average Bonchev–Trinajstić information content (AvgIpc) is 3.48. The molecule has 2 N–H and O–H groups in total. The van der Waals surface area contributed by atoms with E-state index in [-0.39, 0.29) is 11.5 Å². The molecule has 5 rings (SSSR count). The largest absolute Gasteiger partial charge is 0.306 e. The number of nitrogens with one attached hydrogen (secondary N) is 2. The van der Waals surface area contributed by atoms with Crippen LogP contribution in [-0.2, 0) is 12.8 Å². The Morgan fingerprint density at radius 3 is 2.80 bits per heavy atom. The van der Waals surface area contributed by atoms with E-state index in [2.05, 4.69) is 20.4 Å². The molecule has 9 heteroatoms. The van der Waals surface area contributed by atoms with Crippen molar-refractivity contribution in [2.24, 2.45) is 0 Å². The average molecular weight is 421 g/mol. The Bertz CT molecular complexity index is 1290. The van der Waals surface area contributed by atoms with Crippen molar-refractivity contribution in [1.29, 1.82) is 0 Å². The number of hydrogen-bond acceptors (Lipinski definition) is 5. The van der Waals surface area contributed by atoms with E-state index in [0.717, 1.165) is 23.4 Å². The van der Waals surface area contributed by atoms with E-state index >= 15 is 0 Å². The number of halogens is 1. The highest BCUT2D eigenvalue weighted by Crippen LogP contribution is 2.28. The zero-order valence-electron chi connectivity index (χ0n) is 15.7. The van der Waals surface area contributed by atoms with Crippen LogP contribution in [0.4, 0.5) is 10.2 Å². The smallest absolute Gasteiger partial charge is 0.256 e. The third-order valence-corrected chi connectivity index (χ3v) is 5.85. The number of aromatic amines is 1. The van der Waals surface area contributed by atoms with E-state index in [1.54, 1.807) is 6.07 Å². The van der Waals surface area contributed by atoms with Gasteiger partial charge in [0.1, 0.15) is 17.3 Å². The molecule has 0 aliphatic heterocycles. The first kappa shape index (κ1) is 18.4. The van der Waals surface area contributed by atoms with Crippen LogP contribution in [0.3, 0.4) is 0 Å². The molecule has 3 heterocycles. The lowest BCUT2D eigenvalue weighted by Gasteiger charge is -2.09. The lowest BCUT2D eigenvalue weighted by atomic mass is 10.2. The summed E-state index contributed by atoms with van der Waals surface area (Å²) in [7, 11) is 0. The van der Waals surface area contributed by atoms with Crippen LogP contribution in [0.1, 0.15) is 28.0 Å². The second-order valence-electron chi connectivity index (χ2n) is 6.93. The number of aromatic nitrogens is 4. The molecule has 150 valence electrons. The summed E-state index contributed by atoms with van der Waals surface area (Å²) in [5.74, 6) is -0.236. The van der Waals surface area contributed by atoms with Gasteiger partial charge in [0.05, 0.1) is 10.6 Å². The lowest BCUT2D eigenvalue weighted by molar-refractivity contribution is 0.102. The normalized spacial score (nSPS) is 12.7. The van der Waals surface area contributed by atoms with Gasteiger partial charge in [-0.25, -0.2) is 9.37 Å². The quantitative estimate of drug-likeness (QED) is 0.527. The molecule has 1 aliphatic carbocycles.